The molecule has 250 valence electrons. The highest BCUT2D eigenvalue weighted by atomic mass is 32.1. The van der Waals surface area contributed by atoms with Gasteiger partial charge in [0, 0.05) is 40.3 Å². The number of fused-ring (bicyclic) bond motifs is 11. The molecular weight excluding hydrogens is 689 g/mol. The Hall–Kier alpha value is -6.32. The molecule has 0 radical (unpaired) electrons. The molecule has 0 bridgehead atoms. The van der Waals surface area contributed by atoms with Crippen molar-refractivity contribution in [1.82, 2.24) is 0 Å². The van der Waals surface area contributed by atoms with Gasteiger partial charge in [-0.3, -0.25) is 0 Å². The van der Waals surface area contributed by atoms with Crippen molar-refractivity contribution >= 4 is 106 Å². The smallest absolute Gasteiger partial charge is 0.0361 e. The molecule has 54 heavy (non-hydrogen) atoms. The summed E-state index contributed by atoms with van der Waals surface area (Å²) >= 11 is 3.79. The minimum absolute atomic E-state index is 1.23. The largest absolute Gasteiger partial charge is 0.135 e. The average Bonchev–Trinajstić information content (AvgIpc) is 3.79. The van der Waals surface area contributed by atoms with Crippen LogP contribution in [0, 0.1) is 0 Å². The summed E-state index contributed by atoms with van der Waals surface area (Å²) < 4.78 is 5.38. The molecule has 0 unspecified atom stereocenters. The van der Waals surface area contributed by atoms with Crippen molar-refractivity contribution in [3.8, 4) is 33.4 Å². The first-order chi connectivity index (χ1) is 26.8. The maximum Gasteiger partial charge on any atom is 0.0361 e. The number of thiophene rings is 2. The van der Waals surface area contributed by atoms with Crippen molar-refractivity contribution in [1.29, 1.82) is 0 Å². The maximum absolute atomic E-state index is 2.45. The van der Waals surface area contributed by atoms with Crippen molar-refractivity contribution in [3.63, 3.8) is 0 Å². The molecule has 0 spiro atoms. The second-order valence-corrected chi connectivity index (χ2v) is 16.5. The highest BCUT2D eigenvalue weighted by molar-refractivity contribution is 7.26. The monoisotopic (exact) mass is 718 g/mol. The van der Waals surface area contributed by atoms with E-state index in [1.165, 1.54) is 117 Å². The van der Waals surface area contributed by atoms with Crippen molar-refractivity contribution < 1.29 is 0 Å². The predicted octanol–water partition coefficient (Wildman–Crippen LogP) is 16.0. The van der Waals surface area contributed by atoms with E-state index in [4.69, 9.17) is 0 Å². The van der Waals surface area contributed by atoms with Crippen molar-refractivity contribution in [3.05, 3.63) is 182 Å². The molecule has 2 aromatic heterocycles. The Morgan fingerprint density at radius 3 is 1.59 bits per heavy atom. The van der Waals surface area contributed by atoms with Crippen LogP contribution < -0.4 is 0 Å². The van der Waals surface area contributed by atoms with Gasteiger partial charge < -0.3 is 0 Å². The lowest BCUT2D eigenvalue weighted by Crippen LogP contribution is -1.91. The highest BCUT2D eigenvalue weighted by Gasteiger charge is 2.18. The van der Waals surface area contributed by atoms with E-state index in [2.05, 4.69) is 182 Å². The molecule has 0 aliphatic heterocycles. The van der Waals surface area contributed by atoms with E-state index < -0.39 is 0 Å². The molecule has 0 aliphatic rings. The topological polar surface area (TPSA) is 0 Å². The first-order valence-corrected chi connectivity index (χ1v) is 20.1. The lowest BCUT2D eigenvalue weighted by Gasteiger charge is -2.19. The molecule has 0 amide bonds. The number of hydrogen-bond acceptors (Lipinski definition) is 2. The van der Waals surface area contributed by atoms with Crippen LogP contribution in [0.5, 0.6) is 0 Å². The molecule has 2 heteroatoms. The molecular formula is C52H30S2. The van der Waals surface area contributed by atoms with Crippen LogP contribution in [0.4, 0.5) is 0 Å². The first kappa shape index (κ1) is 30.2. The van der Waals surface area contributed by atoms with Crippen LogP contribution >= 0.6 is 22.7 Å². The zero-order valence-corrected chi connectivity index (χ0v) is 30.8. The first-order valence-electron chi connectivity index (χ1n) is 18.5. The van der Waals surface area contributed by atoms with Gasteiger partial charge in [-0.25, -0.2) is 0 Å². The lowest BCUT2D eigenvalue weighted by molar-refractivity contribution is 1.64. The van der Waals surface area contributed by atoms with Gasteiger partial charge in [-0.15, -0.1) is 22.7 Å². The average molecular weight is 719 g/mol. The number of hydrogen-bond donors (Lipinski definition) is 0. The van der Waals surface area contributed by atoms with Gasteiger partial charge >= 0.3 is 0 Å². The summed E-state index contributed by atoms with van der Waals surface area (Å²) in [5.74, 6) is 0. The molecule has 0 saturated heterocycles. The quantitative estimate of drug-likeness (QED) is 0.160. The Balaban J connectivity index is 1.01. The van der Waals surface area contributed by atoms with E-state index in [-0.39, 0.29) is 0 Å². The van der Waals surface area contributed by atoms with E-state index in [0.29, 0.717) is 0 Å². The van der Waals surface area contributed by atoms with Gasteiger partial charge in [-0.1, -0.05) is 146 Å². The molecule has 0 N–H and O–H groups in total. The second kappa shape index (κ2) is 11.6. The minimum atomic E-state index is 1.23. The Morgan fingerprint density at radius 2 is 0.815 bits per heavy atom. The summed E-state index contributed by atoms with van der Waals surface area (Å²) in [6.07, 6.45) is 0. The lowest BCUT2D eigenvalue weighted by atomic mass is 9.84. The fourth-order valence-corrected chi connectivity index (χ4v) is 11.2. The van der Waals surface area contributed by atoms with Crippen LogP contribution in [0.2, 0.25) is 0 Å². The summed E-state index contributed by atoms with van der Waals surface area (Å²) in [4.78, 5) is 0. The van der Waals surface area contributed by atoms with Crippen molar-refractivity contribution in [2.45, 2.75) is 0 Å². The molecule has 0 aliphatic carbocycles. The molecule has 10 aromatic carbocycles. The summed E-state index contributed by atoms with van der Waals surface area (Å²) in [6.45, 7) is 0. The number of rotatable bonds is 3. The fourth-order valence-electron chi connectivity index (χ4n) is 9.00. The molecule has 2 heterocycles. The third-order valence-electron chi connectivity index (χ3n) is 11.4. The van der Waals surface area contributed by atoms with Gasteiger partial charge in [-0.05, 0) is 113 Å². The highest BCUT2D eigenvalue weighted by Crippen LogP contribution is 2.46. The van der Waals surface area contributed by atoms with E-state index in [1.807, 2.05) is 22.7 Å². The predicted molar refractivity (Wildman–Crippen MR) is 239 cm³/mol. The minimum Gasteiger partial charge on any atom is -0.135 e. The Morgan fingerprint density at radius 1 is 0.259 bits per heavy atom. The van der Waals surface area contributed by atoms with Gasteiger partial charge in [0.05, 0.1) is 0 Å². The van der Waals surface area contributed by atoms with Gasteiger partial charge in [0.15, 0.2) is 0 Å². The van der Waals surface area contributed by atoms with E-state index in [9.17, 15) is 0 Å². The van der Waals surface area contributed by atoms with Crippen LogP contribution in [0.3, 0.4) is 0 Å². The third-order valence-corrected chi connectivity index (χ3v) is 13.7. The number of benzene rings is 10. The van der Waals surface area contributed by atoms with Crippen LogP contribution in [-0.2, 0) is 0 Å². The van der Waals surface area contributed by atoms with E-state index >= 15 is 0 Å². The second-order valence-electron chi connectivity index (χ2n) is 14.4. The van der Waals surface area contributed by atoms with Gasteiger partial charge in [0.2, 0.25) is 0 Å². The molecule has 0 atom stereocenters. The van der Waals surface area contributed by atoms with Crippen LogP contribution in [0.25, 0.3) is 117 Å². The third kappa shape index (κ3) is 4.42. The maximum atomic E-state index is 2.45. The zero-order chi connectivity index (χ0) is 35.3. The van der Waals surface area contributed by atoms with Crippen LogP contribution in [0.15, 0.2) is 182 Å². The van der Waals surface area contributed by atoms with Gasteiger partial charge in [0.1, 0.15) is 0 Å². The molecule has 0 nitrogen and oxygen atoms in total. The van der Waals surface area contributed by atoms with E-state index in [1.54, 1.807) is 0 Å². The normalized spacial score (nSPS) is 12.1. The Labute approximate surface area is 319 Å². The standard InChI is InChI=1S/C52H30S2/c1-2-12-36-32(10-1)11-9-18-37(36)51-40-15-5-3-13-38(40)50(39-14-4-6-16-41(39)51)33-22-20-31(21-23-33)34-24-26-47-44(28-34)45-30-43-35(29-49(45)54-47)25-27-48-52(43)42-17-7-8-19-46(42)53-48/h1-30H. The van der Waals surface area contributed by atoms with Crippen molar-refractivity contribution in [2.75, 3.05) is 0 Å². The molecule has 12 rings (SSSR count). The van der Waals surface area contributed by atoms with E-state index in [0.717, 1.165) is 0 Å². The molecule has 12 aromatic rings. The summed E-state index contributed by atoms with van der Waals surface area (Å²) in [7, 11) is 0. The molecule has 0 fully saturated rings. The van der Waals surface area contributed by atoms with Crippen LogP contribution in [-0.4, -0.2) is 0 Å². The van der Waals surface area contributed by atoms with Crippen molar-refractivity contribution in [2.24, 2.45) is 0 Å². The molecule has 0 saturated carbocycles. The summed E-state index contributed by atoms with van der Waals surface area (Å²) in [6, 6.07) is 67.9. The Bertz CT molecular complexity index is 3430. The summed E-state index contributed by atoms with van der Waals surface area (Å²) in [5.41, 5.74) is 7.57. The SMILES string of the molecule is c1ccc2c(-c3c4ccccc4c(-c4ccc(-c5ccc6sc7cc8ccc9sc%10ccccc%10c9c8cc7c6c5)cc4)c4ccccc34)cccc2c1. The Kier molecular flexibility index (Phi) is 6.48. The summed E-state index contributed by atoms with van der Waals surface area (Å²) in [5, 5.41) is 15.7. The zero-order valence-electron chi connectivity index (χ0n) is 29.1. The van der Waals surface area contributed by atoms with Gasteiger partial charge in [-0.2, -0.15) is 0 Å². The van der Waals surface area contributed by atoms with Crippen LogP contribution in [0.1, 0.15) is 0 Å². The fraction of sp³-hybridized carbons (Fsp3) is 0. The van der Waals surface area contributed by atoms with Gasteiger partial charge in [0.25, 0.3) is 0 Å².